The maximum Gasteiger partial charge on any atom is 0.187 e. The Morgan fingerprint density at radius 2 is 1.39 bits per heavy atom. The highest BCUT2D eigenvalue weighted by molar-refractivity contribution is 5.29. The van der Waals surface area contributed by atoms with Crippen LogP contribution in [0.25, 0.3) is 0 Å². The Morgan fingerprint density at radius 3 is 2.10 bits per heavy atom. The first-order valence-corrected chi connectivity index (χ1v) is 16.9. The molecule has 1 aliphatic carbocycles. The van der Waals surface area contributed by atoms with E-state index in [-0.39, 0.29) is 19.6 Å². The number of aliphatic hydroxyl groups excluding tert-OH is 6. The van der Waals surface area contributed by atoms with Gasteiger partial charge in [-0.15, -0.1) is 0 Å². The molecule has 1 aromatic carbocycles. The van der Waals surface area contributed by atoms with Crippen molar-refractivity contribution in [2.75, 3.05) is 26.9 Å². The molecule has 0 bridgehead atoms. The molecule has 0 spiro atoms. The smallest absolute Gasteiger partial charge is 0.187 e. The lowest BCUT2D eigenvalue weighted by molar-refractivity contribution is -0.356. The molecule has 1 aromatic rings. The summed E-state index contributed by atoms with van der Waals surface area (Å²) in [5.74, 6) is 0.601. The molecular weight excluding hydrogens is 682 g/mol. The van der Waals surface area contributed by atoms with E-state index in [1.54, 1.807) is 24.3 Å². The third kappa shape index (κ3) is 7.77. The average Bonchev–Trinajstić information content (AvgIpc) is 3.43. The minimum absolute atomic E-state index is 0.0166. The van der Waals surface area contributed by atoms with Gasteiger partial charge in [0.1, 0.15) is 72.9 Å². The number of fused-ring (bicyclic) bond motifs is 1. The number of ether oxygens (including phenoxy) is 9. The Morgan fingerprint density at radius 1 is 0.725 bits per heavy atom. The van der Waals surface area contributed by atoms with Gasteiger partial charge in [0.25, 0.3) is 0 Å². The van der Waals surface area contributed by atoms with Crippen molar-refractivity contribution in [1.82, 2.24) is 0 Å². The van der Waals surface area contributed by atoms with Gasteiger partial charge in [-0.1, -0.05) is 12.1 Å². The van der Waals surface area contributed by atoms with Crippen LogP contribution in [0.1, 0.15) is 18.3 Å². The van der Waals surface area contributed by atoms with Crippen LogP contribution in [0.4, 0.5) is 0 Å². The van der Waals surface area contributed by atoms with Gasteiger partial charge in [0.15, 0.2) is 25.2 Å². The first-order chi connectivity index (χ1) is 24.4. The summed E-state index contributed by atoms with van der Waals surface area (Å²) < 4.78 is 53.0. The zero-order valence-electron chi connectivity index (χ0n) is 27.9. The van der Waals surface area contributed by atoms with Crippen LogP contribution in [0, 0.1) is 0 Å². The molecule has 5 aliphatic rings. The summed E-state index contributed by atoms with van der Waals surface area (Å²) in [5.41, 5.74) is 31.4. The van der Waals surface area contributed by atoms with E-state index in [0.29, 0.717) is 11.3 Å². The van der Waals surface area contributed by atoms with E-state index in [9.17, 15) is 30.6 Å². The highest BCUT2D eigenvalue weighted by atomic mass is 16.8. The van der Waals surface area contributed by atoms with Crippen molar-refractivity contribution in [2.45, 2.75) is 129 Å². The van der Waals surface area contributed by atoms with E-state index in [2.05, 4.69) is 0 Å². The van der Waals surface area contributed by atoms with Crippen molar-refractivity contribution >= 4 is 0 Å². The Labute approximate surface area is 293 Å². The van der Waals surface area contributed by atoms with Gasteiger partial charge in [-0.05, 0) is 18.6 Å². The molecule has 4 aliphatic heterocycles. The zero-order chi connectivity index (χ0) is 36.7. The average molecular weight is 734 g/mol. The van der Waals surface area contributed by atoms with Crippen molar-refractivity contribution in [2.24, 2.45) is 28.7 Å². The molecule has 0 aromatic heterocycles. The van der Waals surface area contributed by atoms with Crippen molar-refractivity contribution in [1.29, 1.82) is 0 Å². The summed E-state index contributed by atoms with van der Waals surface area (Å²) in [4.78, 5) is 0. The fourth-order valence-corrected chi connectivity index (χ4v) is 7.17. The predicted octanol–water partition coefficient (Wildman–Crippen LogP) is -6.09. The van der Waals surface area contributed by atoms with Gasteiger partial charge in [-0.2, -0.15) is 0 Å². The molecule has 4 heterocycles. The number of benzene rings is 1. The first kappa shape index (κ1) is 39.0. The highest BCUT2D eigenvalue weighted by Gasteiger charge is 2.55. The lowest BCUT2D eigenvalue weighted by Crippen LogP contribution is -2.69. The molecule has 20 atom stereocenters. The normalized spacial score (nSPS) is 49.0. The molecule has 0 amide bonds. The van der Waals surface area contributed by atoms with E-state index in [4.69, 9.17) is 71.3 Å². The number of aliphatic hydroxyl groups is 6. The van der Waals surface area contributed by atoms with Gasteiger partial charge in [-0.3, -0.25) is 0 Å². The predicted molar refractivity (Wildman–Crippen MR) is 170 cm³/mol. The summed E-state index contributed by atoms with van der Waals surface area (Å²) in [7, 11) is 1.54. The largest absolute Gasteiger partial charge is 0.497 e. The van der Waals surface area contributed by atoms with Gasteiger partial charge < -0.3 is 102 Å². The number of rotatable bonds is 10. The molecule has 20 nitrogen and oxygen atoms in total. The topological polar surface area (TPSA) is 335 Å². The number of methoxy groups -OCH3 is 1. The van der Waals surface area contributed by atoms with Crippen molar-refractivity contribution < 1.29 is 73.3 Å². The molecule has 20 heteroatoms. The van der Waals surface area contributed by atoms with Gasteiger partial charge in [-0.25, -0.2) is 0 Å². The summed E-state index contributed by atoms with van der Waals surface area (Å²) in [6.45, 7) is -0.792. The summed E-state index contributed by atoms with van der Waals surface area (Å²) in [6, 6.07) is 3.00. The highest BCUT2D eigenvalue weighted by Crippen LogP contribution is 2.37. The fourth-order valence-electron chi connectivity index (χ4n) is 7.17. The van der Waals surface area contributed by atoms with Gasteiger partial charge >= 0.3 is 0 Å². The van der Waals surface area contributed by atoms with Crippen LogP contribution in [0.5, 0.6) is 5.75 Å². The van der Waals surface area contributed by atoms with Crippen molar-refractivity contribution in [3.05, 3.63) is 29.8 Å². The van der Waals surface area contributed by atoms with E-state index >= 15 is 0 Å². The number of nitrogens with two attached hydrogens (primary N) is 5. The second-order valence-electron chi connectivity index (χ2n) is 13.6. The van der Waals surface area contributed by atoms with Crippen LogP contribution >= 0.6 is 0 Å². The lowest BCUT2D eigenvalue weighted by Gasteiger charge is -2.49. The van der Waals surface area contributed by atoms with E-state index in [1.807, 2.05) is 0 Å². The maximum atomic E-state index is 11.3. The minimum Gasteiger partial charge on any atom is -0.497 e. The molecule has 290 valence electrons. The molecule has 51 heavy (non-hydrogen) atoms. The van der Waals surface area contributed by atoms with Gasteiger partial charge in [0.05, 0.1) is 38.5 Å². The second kappa shape index (κ2) is 16.3. The second-order valence-corrected chi connectivity index (χ2v) is 13.6. The Hall–Kier alpha value is -1.74. The molecule has 4 saturated heterocycles. The van der Waals surface area contributed by atoms with Crippen molar-refractivity contribution in [3.63, 3.8) is 0 Å². The third-order valence-corrected chi connectivity index (χ3v) is 10.2. The fraction of sp³-hybridized carbons (Fsp3) is 0.806. The molecule has 16 N–H and O–H groups in total. The summed E-state index contributed by atoms with van der Waals surface area (Å²) in [5, 5.41) is 64.4. The maximum absolute atomic E-state index is 11.3. The van der Waals surface area contributed by atoms with E-state index in [0.717, 1.165) is 0 Å². The molecule has 6 rings (SSSR count). The standard InChI is InChI=1S/C31H51N5O15/c1-43-11-4-2-3-10(5-11)28-44-9-16-26(49-28)22(41)18(36)30(47-16)48-24-13(34)6-12(33)19(38)27(24)51-31-23(42)25(15(8-37)46-31)50-29-17(35)21(40)20(39)14(7-32)45-29/h2-5,12-31,37-42H,6-9,32-36H2,1H3/t12-,13+,14+,15-,16-,17-,18-,19+,20-,21-,22-,23-,24-,25-,26-,27-,28-,29-,30-,31+/m1/s1. The van der Waals surface area contributed by atoms with Gasteiger partial charge in [0, 0.05) is 24.2 Å². The third-order valence-electron chi connectivity index (χ3n) is 10.2. The Bertz CT molecular complexity index is 1290. The van der Waals surface area contributed by atoms with Crippen LogP contribution in [-0.2, 0) is 37.9 Å². The van der Waals surface area contributed by atoms with Crippen LogP contribution in [0.15, 0.2) is 24.3 Å². The summed E-state index contributed by atoms with van der Waals surface area (Å²) >= 11 is 0. The SMILES string of the molecule is COc1cccc([C@@H]2OC[C@H]3O[C@H](O[C@H]4[C@H](O[C@@H]5O[C@H](CO)[C@@H](O[C@H]6O[C@@H](CN)[C@@H](O)[C@H](O)[C@H]6N)[C@H]5O)[C@@H](O)[C@H](N)C[C@@H]4N)[C@H](N)[C@@H](O)[C@@H]3O2)c1. The van der Waals surface area contributed by atoms with Crippen molar-refractivity contribution in [3.8, 4) is 5.75 Å². The number of hydrogen-bond acceptors (Lipinski definition) is 20. The molecule has 0 unspecified atom stereocenters. The Kier molecular flexibility index (Phi) is 12.5. The quantitative estimate of drug-likeness (QED) is 0.107. The zero-order valence-corrected chi connectivity index (χ0v) is 27.9. The Balaban J connectivity index is 1.13. The first-order valence-electron chi connectivity index (χ1n) is 16.9. The molecular formula is C31H51N5O15. The lowest BCUT2D eigenvalue weighted by atomic mass is 9.84. The number of hydrogen-bond donors (Lipinski definition) is 11. The van der Waals surface area contributed by atoms with Gasteiger partial charge in [0.2, 0.25) is 0 Å². The molecule has 1 saturated carbocycles. The molecule has 5 fully saturated rings. The van der Waals surface area contributed by atoms with Crippen LogP contribution in [0.2, 0.25) is 0 Å². The minimum atomic E-state index is -1.61. The van der Waals surface area contributed by atoms with E-state index in [1.165, 1.54) is 7.11 Å². The monoisotopic (exact) mass is 733 g/mol. The summed E-state index contributed by atoms with van der Waals surface area (Å²) in [6.07, 6.45) is -19.7. The molecule has 0 radical (unpaired) electrons. The van der Waals surface area contributed by atoms with E-state index < -0.39 is 129 Å². The van der Waals surface area contributed by atoms with Crippen LogP contribution in [0.3, 0.4) is 0 Å². The van der Waals surface area contributed by atoms with Crippen LogP contribution < -0.4 is 33.4 Å². The van der Waals surface area contributed by atoms with Crippen LogP contribution in [-0.4, -0.2) is 174 Å².